The number of hydrogen-bond acceptors (Lipinski definition) is 3. The van der Waals surface area contributed by atoms with E-state index >= 15 is 0 Å². The smallest absolute Gasteiger partial charge is 0.230 e. The van der Waals surface area contributed by atoms with E-state index in [0.717, 1.165) is 30.6 Å². The Morgan fingerprint density at radius 1 is 1.32 bits per heavy atom. The Morgan fingerprint density at radius 2 is 2.05 bits per heavy atom. The molecule has 0 bridgehead atoms. The summed E-state index contributed by atoms with van der Waals surface area (Å²) in [4.78, 5) is 14.4. The first-order chi connectivity index (χ1) is 10.5. The summed E-state index contributed by atoms with van der Waals surface area (Å²) in [5.41, 5.74) is 2.01. The molecule has 0 aromatic heterocycles. The normalized spacial score (nSPS) is 16.0. The van der Waals surface area contributed by atoms with Crippen molar-refractivity contribution in [1.29, 1.82) is 0 Å². The third-order valence-corrected chi connectivity index (χ3v) is 4.56. The van der Waals surface area contributed by atoms with Gasteiger partial charge in [0, 0.05) is 14.2 Å². The molecule has 1 aliphatic rings. The van der Waals surface area contributed by atoms with E-state index in [-0.39, 0.29) is 11.3 Å². The minimum absolute atomic E-state index is 0.185. The average Bonchev–Trinajstić information content (AvgIpc) is 2.45. The third kappa shape index (κ3) is 3.61. The molecule has 4 nitrogen and oxygen atoms in total. The van der Waals surface area contributed by atoms with E-state index in [4.69, 9.17) is 9.47 Å². The molecule has 1 aromatic carbocycles. The molecule has 1 aromatic rings. The van der Waals surface area contributed by atoms with Crippen molar-refractivity contribution in [2.45, 2.75) is 33.1 Å². The number of hydrogen-bond donors (Lipinski definition) is 0. The Hall–Kier alpha value is -1.55. The van der Waals surface area contributed by atoms with Gasteiger partial charge in [-0.1, -0.05) is 18.6 Å². The second-order valence-corrected chi connectivity index (χ2v) is 6.41. The summed E-state index contributed by atoms with van der Waals surface area (Å²) in [6, 6.07) is 6.17. The second kappa shape index (κ2) is 7.14. The number of aryl methyl sites for hydroxylation is 2. The predicted octanol–water partition coefficient (Wildman–Crippen LogP) is 2.96. The molecule has 1 aliphatic carbocycles. The maximum Gasteiger partial charge on any atom is 0.230 e. The first-order valence-corrected chi connectivity index (χ1v) is 7.93. The van der Waals surface area contributed by atoms with Crippen LogP contribution in [0.2, 0.25) is 0 Å². The highest BCUT2D eigenvalue weighted by Crippen LogP contribution is 2.42. The fraction of sp³-hybridized carbons (Fsp3) is 0.611. The monoisotopic (exact) mass is 305 g/mol. The summed E-state index contributed by atoms with van der Waals surface area (Å²) < 4.78 is 11.1. The lowest BCUT2D eigenvalue weighted by molar-refractivity contribution is -0.151. The van der Waals surface area contributed by atoms with E-state index in [0.29, 0.717) is 19.8 Å². The van der Waals surface area contributed by atoms with Gasteiger partial charge in [0.25, 0.3) is 0 Å². The van der Waals surface area contributed by atoms with Crippen LogP contribution in [0.25, 0.3) is 0 Å². The molecule has 22 heavy (non-hydrogen) atoms. The summed E-state index contributed by atoms with van der Waals surface area (Å²) in [7, 11) is 3.52. The Labute approximate surface area is 133 Å². The van der Waals surface area contributed by atoms with Crippen LogP contribution in [0.15, 0.2) is 18.2 Å². The molecular weight excluding hydrogens is 278 g/mol. The fourth-order valence-corrected chi connectivity index (χ4v) is 2.96. The van der Waals surface area contributed by atoms with Gasteiger partial charge in [-0.15, -0.1) is 0 Å². The Bertz CT molecular complexity index is 523. The fourth-order valence-electron chi connectivity index (χ4n) is 2.96. The van der Waals surface area contributed by atoms with Gasteiger partial charge < -0.3 is 14.4 Å². The van der Waals surface area contributed by atoms with Gasteiger partial charge in [0.05, 0.1) is 18.6 Å². The van der Waals surface area contributed by atoms with Crippen molar-refractivity contribution < 1.29 is 14.3 Å². The lowest BCUT2D eigenvalue weighted by Crippen LogP contribution is -2.50. The minimum atomic E-state index is -0.289. The largest absolute Gasteiger partial charge is 0.491 e. The van der Waals surface area contributed by atoms with E-state index < -0.39 is 0 Å². The van der Waals surface area contributed by atoms with Gasteiger partial charge in [0.2, 0.25) is 5.91 Å². The van der Waals surface area contributed by atoms with Gasteiger partial charge in [-0.2, -0.15) is 0 Å². The maximum atomic E-state index is 12.6. The average molecular weight is 305 g/mol. The number of methoxy groups -OCH3 is 1. The van der Waals surface area contributed by atoms with E-state index in [1.807, 2.05) is 27.0 Å². The molecule has 1 amide bonds. The number of amides is 1. The van der Waals surface area contributed by atoms with E-state index in [1.54, 1.807) is 12.0 Å². The van der Waals surface area contributed by atoms with E-state index in [1.165, 1.54) is 5.56 Å². The molecule has 1 saturated carbocycles. The number of nitrogens with zero attached hydrogens (tertiary/aromatic N) is 1. The number of rotatable bonds is 7. The van der Waals surface area contributed by atoms with Crippen molar-refractivity contribution in [3.8, 4) is 5.75 Å². The van der Waals surface area contributed by atoms with E-state index in [2.05, 4.69) is 12.1 Å². The number of carbonyl (C=O) groups excluding carboxylic acids is 1. The van der Waals surface area contributed by atoms with Crippen molar-refractivity contribution in [2.24, 2.45) is 5.41 Å². The molecule has 0 saturated heterocycles. The summed E-state index contributed by atoms with van der Waals surface area (Å²) in [6.45, 7) is 5.71. The Morgan fingerprint density at radius 3 is 2.64 bits per heavy atom. The number of likely N-dealkylation sites (N-methyl/N-ethyl adjacent to an activating group) is 1. The molecule has 122 valence electrons. The quantitative estimate of drug-likeness (QED) is 0.777. The predicted molar refractivity (Wildman–Crippen MR) is 87.2 cm³/mol. The van der Waals surface area contributed by atoms with Crippen molar-refractivity contribution >= 4 is 5.91 Å². The van der Waals surface area contributed by atoms with Crippen LogP contribution in [0, 0.1) is 19.3 Å². The Balaban J connectivity index is 1.86. The van der Waals surface area contributed by atoms with Crippen LogP contribution in [0.4, 0.5) is 0 Å². The van der Waals surface area contributed by atoms with Crippen LogP contribution >= 0.6 is 0 Å². The highest BCUT2D eigenvalue weighted by atomic mass is 16.5. The van der Waals surface area contributed by atoms with Crippen LogP contribution in [0.3, 0.4) is 0 Å². The van der Waals surface area contributed by atoms with Gasteiger partial charge in [-0.05, 0) is 43.9 Å². The van der Waals surface area contributed by atoms with Crippen molar-refractivity contribution in [1.82, 2.24) is 4.90 Å². The molecule has 2 rings (SSSR count). The van der Waals surface area contributed by atoms with Crippen LogP contribution in [0.1, 0.15) is 30.4 Å². The number of carbonyl (C=O) groups is 1. The van der Waals surface area contributed by atoms with Gasteiger partial charge in [0.1, 0.15) is 12.4 Å². The topological polar surface area (TPSA) is 38.8 Å². The van der Waals surface area contributed by atoms with Gasteiger partial charge in [0.15, 0.2) is 0 Å². The number of benzene rings is 1. The lowest BCUT2D eigenvalue weighted by Gasteiger charge is -2.42. The molecule has 0 aliphatic heterocycles. The standard InChI is InChI=1S/C18H27NO3/c1-14-6-7-15(2)16(12-14)22-11-10-19(3)17(20)18(13-21-4)8-5-9-18/h6-7,12H,5,8-11,13H2,1-4H3. The summed E-state index contributed by atoms with van der Waals surface area (Å²) in [5.74, 6) is 1.08. The zero-order chi connectivity index (χ0) is 16.2. The van der Waals surface area contributed by atoms with E-state index in [9.17, 15) is 4.79 Å². The molecule has 0 atom stereocenters. The van der Waals surface area contributed by atoms with Crippen LogP contribution in [0.5, 0.6) is 5.75 Å². The third-order valence-electron chi connectivity index (χ3n) is 4.56. The highest BCUT2D eigenvalue weighted by Gasteiger charge is 2.45. The van der Waals surface area contributed by atoms with Crippen LogP contribution in [-0.4, -0.2) is 44.7 Å². The molecule has 0 spiro atoms. The Kier molecular flexibility index (Phi) is 5.46. The molecular formula is C18H27NO3. The molecule has 0 radical (unpaired) electrons. The summed E-state index contributed by atoms with van der Waals surface area (Å²) in [6.07, 6.45) is 2.98. The maximum absolute atomic E-state index is 12.6. The minimum Gasteiger partial charge on any atom is -0.491 e. The SMILES string of the molecule is COCC1(C(=O)N(C)CCOc2cc(C)ccc2C)CCC1. The lowest BCUT2D eigenvalue weighted by atomic mass is 9.68. The summed E-state index contributed by atoms with van der Waals surface area (Å²) in [5, 5.41) is 0. The molecule has 0 N–H and O–H groups in total. The van der Waals surface area contributed by atoms with Gasteiger partial charge in [-0.3, -0.25) is 4.79 Å². The number of ether oxygens (including phenoxy) is 2. The van der Waals surface area contributed by atoms with Crippen molar-refractivity contribution in [2.75, 3.05) is 33.9 Å². The zero-order valence-electron chi connectivity index (χ0n) is 14.1. The van der Waals surface area contributed by atoms with Crippen LogP contribution < -0.4 is 4.74 Å². The molecule has 1 fully saturated rings. The van der Waals surface area contributed by atoms with Crippen LogP contribution in [-0.2, 0) is 9.53 Å². The molecule has 4 heteroatoms. The first kappa shape index (κ1) is 16.8. The van der Waals surface area contributed by atoms with Crippen molar-refractivity contribution in [3.63, 3.8) is 0 Å². The van der Waals surface area contributed by atoms with Gasteiger partial charge in [-0.25, -0.2) is 0 Å². The first-order valence-electron chi connectivity index (χ1n) is 7.93. The zero-order valence-corrected chi connectivity index (χ0v) is 14.1. The molecule has 0 heterocycles. The second-order valence-electron chi connectivity index (χ2n) is 6.41. The molecule has 0 unspecified atom stereocenters. The van der Waals surface area contributed by atoms with Gasteiger partial charge >= 0.3 is 0 Å². The highest BCUT2D eigenvalue weighted by molar-refractivity contribution is 5.83. The summed E-state index contributed by atoms with van der Waals surface area (Å²) >= 11 is 0. The van der Waals surface area contributed by atoms with Crippen molar-refractivity contribution in [3.05, 3.63) is 29.3 Å².